The van der Waals surface area contributed by atoms with Crippen molar-refractivity contribution in [3.8, 4) is 5.75 Å². The number of furan rings is 1. The molecule has 2 aromatic rings. The highest BCUT2D eigenvalue weighted by Crippen LogP contribution is 2.13. The standard InChI is InChI=1S/C16H21NO3/c1-12-5-7-15(8-6-12)20-11-14(18)10-17-13(2)16-4-3-9-19-16/h3-9,13-14,17-18H,10-11H2,1-2H3. The van der Waals surface area contributed by atoms with Gasteiger partial charge in [0.1, 0.15) is 24.2 Å². The average molecular weight is 275 g/mol. The van der Waals surface area contributed by atoms with E-state index in [9.17, 15) is 5.11 Å². The lowest BCUT2D eigenvalue weighted by molar-refractivity contribution is 0.103. The van der Waals surface area contributed by atoms with Crippen LogP contribution in [0.1, 0.15) is 24.3 Å². The molecule has 2 atom stereocenters. The highest BCUT2D eigenvalue weighted by atomic mass is 16.5. The molecule has 4 heteroatoms. The number of rotatable bonds is 7. The zero-order valence-electron chi connectivity index (χ0n) is 11.9. The molecular weight excluding hydrogens is 254 g/mol. The van der Waals surface area contributed by atoms with Gasteiger partial charge in [0.15, 0.2) is 0 Å². The van der Waals surface area contributed by atoms with Crippen LogP contribution in [0.3, 0.4) is 0 Å². The van der Waals surface area contributed by atoms with E-state index in [4.69, 9.17) is 9.15 Å². The molecule has 0 radical (unpaired) electrons. The smallest absolute Gasteiger partial charge is 0.120 e. The molecule has 2 rings (SSSR count). The molecule has 1 aromatic carbocycles. The molecule has 4 nitrogen and oxygen atoms in total. The van der Waals surface area contributed by atoms with E-state index >= 15 is 0 Å². The highest BCUT2D eigenvalue weighted by molar-refractivity contribution is 5.26. The van der Waals surface area contributed by atoms with Gasteiger partial charge in [-0.1, -0.05) is 17.7 Å². The van der Waals surface area contributed by atoms with Gasteiger partial charge < -0.3 is 19.6 Å². The van der Waals surface area contributed by atoms with E-state index < -0.39 is 6.10 Å². The first-order valence-electron chi connectivity index (χ1n) is 6.79. The molecule has 0 amide bonds. The lowest BCUT2D eigenvalue weighted by Crippen LogP contribution is -2.32. The maximum atomic E-state index is 9.89. The van der Waals surface area contributed by atoms with Crippen LogP contribution in [0.2, 0.25) is 0 Å². The number of aliphatic hydroxyl groups excluding tert-OH is 1. The molecule has 1 aromatic heterocycles. The molecule has 0 aliphatic carbocycles. The normalized spacial score (nSPS) is 13.9. The minimum Gasteiger partial charge on any atom is -0.491 e. The van der Waals surface area contributed by atoms with E-state index in [0.29, 0.717) is 6.54 Å². The number of aryl methyl sites for hydroxylation is 1. The molecule has 0 bridgehead atoms. The van der Waals surface area contributed by atoms with Gasteiger partial charge in [0.05, 0.1) is 12.3 Å². The SMILES string of the molecule is Cc1ccc(OCC(O)CNC(C)c2ccco2)cc1. The predicted molar refractivity (Wildman–Crippen MR) is 77.8 cm³/mol. The Bertz CT molecular complexity index is 493. The quantitative estimate of drug-likeness (QED) is 0.815. The fourth-order valence-electron chi connectivity index (χ4n) is 1.84. The third kappa shape index (κ3) is 4.40. The summed E-state index contributed by atoms with van der Waals surface area (Å²) in [6, 6.07) is 11.6. The van der Waals surface area contributed by atoms with Gasteiger partial charge in [-0.3, -0.25) is 0 Å². The van der Waals surface area contributed by atoms with Crippen LogP contribution < -0.4 is 10.1 Å². The van der Waals surface area contributed by atoms with Crippen LogP contribution in [-0.4, -0.2) is 24.4 Å². The van der Waals surface area contributed by atoms with Crippen LogP contribution in [-0.2, 0) is 0 Å². The summed E-state index contributed by atoms with van der Waals surface area (Å²) in [5.74, 6) is 1.63. The van der Waals surface area contributed by atoms with Crippen molar-refractivity contribution in [2.24, 2.45) is 0 Å². The van der Waals surface area contributed by atoms with E-state index in [1.54, 1.807) is 6.26 Å². The lowest BCUT2D eigenvalue weighted by Gasteiger charge is -2.16. The molecular formula is C16H21NO3. The summed E-state index contributed by atoms with van der Waals surface area (Å²) in [6.45, 7) is 4.74. The molecule has 108 valence electrons. The third-order valence-electron chi connectivity index (χ3n) is 3.09. The van der Waals surface area contributed by atoms with Crippen molar-refractivity contribution in [2.75, 3.05) is 13.2 Å². The lowest BCUT2D eigenvalue weighted by atomic mass is 10.2. The van der Waals surface area contributed by atoms with Crippen LogP contribution in [0.25, 0.3) is 0 Å². The first-order chi connectivity index (χ1) is 9.65. The summed E-state index contributed by atoms with van der Waals surface area (Å²) < 4.78 is 10.8. The Morgan fingerprint density at radius 2 is 2.00 bits per heavy atom. The Morgan fingerprint density at radius 1 is 1.25 bits per heavy atom. The van der Waals surface area contributed by atoms with Gasteiger partial charge in [0.25, 0.3) is 0 Å². The molecule has 20 heavy (non-hydrogen) atoms. The molecule has 2 unspecified atom stereocenters. The van der Waals surface area contributed by atoms with Crippen molar-refractivity contribution >= 4 is 0 Å². The first-order valence-corrected chi connectivity index (χ1v) is 6.79. The fraction of sp³-hybridized carbons (Fsp3) is 0.375. The maximum absolute atomic E-state index is 9.89. The summed E-state index contributed by atoms with van der Waals surface area (Å²) in [4.78, 5) is 0. The van der Waals surface area contributed by atoms with Gasteiger partial charge in [-0.05, 0) is 38.1 Å². The Hall–Kier alpha value is -1.78. The maximum Gasteiger partial charge on any atom is 0.120 e. The van der Waals surface area contributed by atoms with Crippen LogP contribution in [0, 0.1) is 6.92 Å². The van der Waals surface area contributed by atoms with Gasteiger partial charge in [-0.15, -0.1) is 0 Å². The monoisotopic (exact) mass is 275 g/mol. The second-order valence-electron chi connectivity index (χ2n) is 4.92. The van der Waals surface area contributed by atoms with Crippen molar-refractivity contribution in [3.63, 3.8) is 0 Å². The van der Waals surface area contributed by atoms with E-state index in [2.05, 4.69) is 5.32 Å². The van der Waals surface area contributed by atoms with Gasteiger partial charge in [0, 0.05) is 6.54 Å². The molecule has 0 fully saturated rings. The number of ether oxygens (including phenoxy) is 1. The zero-order chi connectivity index (χ0) is 14.4. The fourth-order valence-corrected chi connectivity index (χ4v) is 1.84. The van der Waals surface area contributed by atoms with E-state index in [1.807, 2.05) is 50.2 Å². The highest BCUT2D eigenvalue weighted by Gasteiger charge is 2.11. The number of hydrogen-bond donors (Lipinski definition) is 2. The van der Waals surface area contributed by atoms with Crippen molar-refractivity contribution in [2.45, 2.75) is 26.0 Å². The Kier molecular flexibility index (Phi) is 5.21. The van der Waals surface area contributed by atoms with Crippen LogP contribution in [0.4, 0.5) is 0 Å². The minimum absolute atomic E-state index is 0.0685. The zero-order valence-corrected chi connectivity index (χ0v) is 11.9. The van der Waals surface area contributed by atoms with Gasteiger partial charge in [0.2, 0.25) is 0 Å². The van der Waals surface area contributed by atoms with Gasteiger partial charge in [-0.2, -0.15) is 0 Å². The molecule has 1 heterocycles. The summed E-state index contributed by atoms with van der Waals surface area (Å²) >= 11 is 0. The Morgan fingerprint density at radius 3 is 2.65 bits per heavy atom. The van der Waals surface area contributed by atoms with Crippen molar-refractivity contribution < 1.29 is 14.3 Å². The summed E-state index contributed by atoms with van der Waals surface area (Å²) in [5, 5.41) is 13.1. The molecule has 2 N–H and O–H groups in total. The summed E-state index contributed by atoms with van der Waals surface area (Å²) in [6.07, 6.45) is 1.08. The third-order valence-corrected chi connectivity index (χ3v) is 3.09. The van der Waals surface area contributed by atoms with Gasteiger partial charge >= 0.3 is 0 Å². The first kappa shape index (κ1) is 14.6. The Balaban J connectivity index is 1.70. The molecule has 0 spiro atoms. The molecule has 0 aliphatic rings. The largest absolute Gasteiger partial charge is 0.491 e. The summed E-state index contributed by atoms with van der Waals surface area (Å²) in [7, 11) is 0. The van der Waals surface area contributed by atoms with Gasteiger partial charge in [-0.25, -0.2) is 0 Å². The van der Waals surface area contributed by atoms with E-state index in [-0.39, 0.29) is 12.6 Å². The predicted octanol–water partition coefficient (Wildman–Crippen LogP) is 2.68. The van der Waals surface area contributed by atoms with Crippen molar-refractivity contribution in [1.82, 2.24) is 5.32 Å². The second-order valence-corrected chi connectivity index (χ2v) is 4.92. The molecule has 0 saturated heterocycles. The molecule has 0 aliphatic heterocycles. The van der Waals surface area contributed by atoms with Crippen LogP contribution >= 0.6 is 0 Å². The van der Waals surface area contributed by atoms with E-state index in [0.717, 1.165) is 11.5 Å². The number of nitrogens with one attached hydrogen (secondary N) is 1. The summed E-state index contributed by atoms with van der Waals surface area (Å²) in [5.41, 5.74) is 1.19. The number of aliphatic hydroxyl groups is 1. The number of hydrogen-bond acceptors (Lipinski definition) is 4. The van der Waals surface area contributed by atoms with Crippen LogP contribution in [0.5, 0.6) is 5.75 Å². The second kappa shape index (κ2) is 7.12. The van der Waals surface area contributed by atoms with Crippen LogP contribution in [0.15, 0.2) is 47.1 Å². The van der Waals surface area contributed by atoms with Crippen molar-refractivity contribution in [3.05, 3.63) is 54.0 Å². The topological polar surface area (TPSA) is 54.6 Å². The minimum atomic E-state index is -0.561. The molecule has 0 saturated carbocycles. The average Bonchev–Trinajstić information content (AvgIpc) is 2.98. The van der Waals surface area contributed by atoms with Crippen molar-refractivity contribution in [1.29, 1.82) is 0 Å². The number of benzene rings is 1. The Labute approximate surface area is 119 Å². The van der Waals surface area contributed by atoms with E-state index in [1.165, 1.54) is 5.56 Å².